The first-order valence-corrected chi connectivity index (χ1v) is 11.3. The van der Waals surface area contributed by atoms with E-state index in [1.54, 1.807) is 11.1 Å². The summed E-state index contributed by atoms with van der Waals surface area (Å²) in [6.07, 6.45) is 8.61. The molecule has 2 saturated carbocycles. The van der Waals surface area contributed by atoms with Gasteiger partial charge in [0.1, 0.15) is 6.67 Å². The van der Waals surface area contributed by atoms with Gasteiger partial charge in [-0.15, -0.1) is 0 Å². The molecule has 2 unspecified atom stereocenters. The van der Waals surface area contributed by atoms with E-state index in [4.69, 9.17) is 4.98 Å². The van der Waals surface area contributed by atoms with E-state index in [1.807, 2.05) is 6.07 Å². The number of nitrogens with zero attached hydrogens (tertiary/aromatic N) is 1. The molecule has 28 heavy (non-hydrogen) atoms. The Morgan fingerprint density at radius 2 is 1.57 bits per heavy atom. The maximum atomic E-state index is 14.0. The Hall–Kier alpha value is -1.70. The van der Waals surface area contributed by atoms with Gasteiger partial charge in [-0.05, 0) is 97.9 Å². The average Bonchev–Trinajstić information content (AvgIpc) is 2.90. The summed E-state index contributed by atoms with van der Waals surface area (Å²) in [6.45, 7) is 3.81. The molecule has 6 rings (SSSR count). The minimum Gasteiger partial charge on any atom is -0.252 e. The smallest absolute Gasteiger partial charge is 0.101 e. The molecule has 2 heteroatoms. The Bertz CT molecular complexity index is 846. The number of halogens is 1. The van der Waals surface area contributed by atoms with Crippen molar-refractivity contribution in [1.29, 1.82) is 0 Å². The lowest BCUT2D eigenvalue weighted by Crippen LogP contribution is -2.28. The van der Waals surface area contributed by atoms with Crippen molar-refractivity contribution in [2.24, 2.45) is 11.8 Å². The summed E-state index contributed by atoms with van der Waals surface area (Å²) in [6, 6.07) is 13.3. The lowest BCUT2D eigenvalue weighted by molar-refractivity contribution is 0.166. The van der Waals surface area contributed by atoms with E-state index in [9.17, 15) is 4.39 Å². The molecular weight excluding hydrogens is 345 g/mol. The highest BCUT2D eigenvalue weighted by molar-refractivity contribution is 5.62. The van der Waals surface area contributed by atoms with Crippen molar-refractivity contribution in [1.82, 2.24) is 4.98 Å². The topological polar surface area (TPSA) is 12.9 Å². The summed E-state index contributed by atoms with van der Waals surface area (Å²) < 4.78 is 14.0. The van der Waals surface area contributed by atoms with Crippen LogP contribution in [0.25, 0.3) is 11.3 Å². The molecule has 2 aromatic rings. The van der Waals surface area contributed by atoms with Crippen LogP contribution in [0.3, 0.4) is 0 Å². The van der Waals surface area contributed by atoms with Gasteiger partial charge in [0.25, 0.3) is 0 Å². The van der Waals surface area contributed by atoms with Gasteiger partial charge in [-0.3, -0.25) is 9.37 Å². The maximum Gasteiger partial charge on any atom is 0.101 e. The van der Waals surface area contributed by atoms with Crippen LogP contribution < -0.4 is 0 Å². The van der Waals surface area contributed by atoms with Gasteiger partial charge in [-0.1, -0.05) is 32.0 Å². The molecule has 0 N–H and O–H groups in total. The highest BCUT2D eigenvalue weighted by Gasteiger charge is 2.42. The van der Waals surface area contributed by atoms with Crippen molar-refractivity contribution in [3.63, 3.8) is 0 Å². The molecule has 1 aromatic heterocycles. The van der Waals surface area contributed by atoms with Crippen LogP contribution >= 0.6 is 0 Å². The molecule has 1 aromatic carbocycles. The van der Waals surface area contributed by atoms with Gasteiger partial charge in [0.15, 0.2) is 0 Å². The molecule has 4 bridgehead atoms. The number of hydrogen-bond donors (Lipinski definition) is 0. The van der Waals surface area contributed by atoms with Gasteiger partial charge in [0, 0.05) is 16.7 Å². The van der Waals surface area contributed by atoms with E-state index in [1.165, 1.54) is 37.7 Å². The second kappa shape index (κ2) is 6.97. The van der Waals surface area contributed by atoms with Crippen LogP contribution in [0.1, 0.15) is 87.4 Å². The largest absolute Gasteiger partial charge is 0.252 e. The average molecular weight is 378 g/mol. The molecule has 0 saturated heterocycles. The van der Waals surface area contributed by atoms with E-state index < -0.39 is 5.41 Å². The van der Waals surface area contributed by atoms with E-state index in [2.05, 4.69) is 44.2 Å². The second-order valence-electron chi connectivity index (χ2n) is 9.68. The van der Waals surface area contributed by atoms with Crippen LogP contribution in [0.2, 0.25) is 0 Å². The third-order valence-electron chi connectivity index (χ3n) is 8.30. The Kier molecular flexibility index (Phi) is 4.56. The zero-order valence-corrected chi connectivity index (χ0v) is 17.3. The molecule has 0 amide bonds. The van der Waals surface area contributed by atoms with Crippen LogP contribution in [0.4, 0.5) is 4.39 Å². The van der Waals surface area contributed by atoms with E-state index in [0.29, 0.717) is 0 Å². The zero-order valence-electron chi connectivity index (χ0n) is 17.3. The van der Waals surface area contributed by atoms with Crippen LogP contribution in [-0.4, -0.2) is 11.7 Å². The summed E-state index contributed by atoms with van der Waals surface area (Å²) in [5.74, 6) is 3.41. The molecule has 1 heterocycles. The van der Waals surface area contributed by atoms with Gasteiger partial charge in [-0.2, -0.15) is 0 Å². The lowest BCUT2D eigenvalue weighted by atomic mass is 9.67. The third-order valence-corrected chi connectivity index (χ3v) is 8.30. The molecule has 2 atom stereocenters. The van der Waals surface area contributed by atoms with Crippen molar-refractivity contribution in [2.75, 3.05) is 6.67 Å². The van der Waals surface area contributed by atoms with Gasteiger partial charge in [-0.25, -0.2) is 0 Å². The second-order valence-corrected chi connectivity index (χ2v) is 9.68. The molecule has 0 radical (unpaired) electrons. The summed E-state index contributed by atoms with van der Waals surface area (Å²) >= 11 is 0. The van der Waals surface area contributed by atoms with Crippen LogP contribution in [0.15, 0.2) is 36.4 Å². The number of rotatable bonds is 5. The van der Waals surface area contributed by atoms with E-state index in [-0.39, 0.29) is 6.67 Å². The first-order chi connectivity index (χ1) is 13.7. The normalized spacial score (nSPS) is 28.2. The third kappa shape index (κ3) is 2.83. The van der Waals surface area contributed by atoms with Crippen molar-refractivity contribution in [2.45, 2.75) is 76.0 Å². The predicted octanol–water partition coefficient (Wildman–Crippen LogP) is 7.17. The van der Waals surface area contributed by atoms with Crippen LogP contribution in [0.5, 0.6) is 0 Å². The van der Waals surface area contributed by atoms with Gasteiger partial charge < -0.3 is 0 Å². The SMILES string of the molecule is CCC(CC)(CF)c1cccc(-c2ccc3c(c2)C2CC4CC(CC3C4)C2)n1. The minimum atomic E-state index is -0.445. The van der Waals surface area contributed by atoms with Gasteiger partial charge >= 0.3 is 0 Å². The fourth-order valence-electron chi connectivity index (χ4n) is 6.58. The first kappa shape index (κ1) is 18.3. The number of hydrogen-bond acceptors (Lipinski definition) is 1. The molecule has 4 aliphatic carbocycles. The van der Waals surface area contributed by atoms with E-state index >= 15 is 0 Å². The van der Waals surface area contributed by atoms with Crippen molar-refractivity contribution < 1.29 is 4.39 Å². The molecular formula is C26H32FN. The fraction of sp³-hybridized carbons (Fsp3) is 0.577. The van der Waals surface area contributed by atoms with Crippen molar-refractivity contribution >= 4 is 0 Å². The number of aromatic nitrogens is 1. The predicted molar refractivity (Wildman–Crippen MR) is 113 cm³/mol. The quantitative estimate of drug-likeness (QED) is 0.538. The molecule has 0 aliphatic heterocycles. The Labute approximate surface area is 168 Å². The highest BCUT2D eigenvalue weighted by atomic mass is 19.1. The van der Waals surface area contributed by atoms with Gasteiger partial charge in [0.2, 0.25) is 0 Å². The molecule has 148 valence electrons. The van der Waals surface area contributed by atoms with Gasteiger partial charge in [0.05, 0.1) is 5.69 Å². The zero-order chi connectivity index (χ0) is 19.3. The molecule has 0 spiro atoms. The molecule has 4 aliphatic rings. The number of benzene rings is 1. The number of alkyl halides is 1. The van der Waals surface area contributed by atoms with Crippen molar-refractivity contribution in [3.05, 3.63) is 53.2 Å². The van der Waals surface area contributed by atoms with E-state index in [0.717, 1.165) is 47.9 Å². The first-order valence-electron chi connectivity index (χ1n) is 11.3. The van der Waals surface area contributed by atoms with Crippen LogP contribution in [0, 0.1) is 11.8 Å². The Morgan fingerprint density at radius 3 is 2.21 bits per heavy atom. The lowest BCUT2D eigenvalue weighted by Gasteiger charge is -2.38. The highest BCUT2D eigenvalue weighted by Crippen LogP contribution is 2.56. The van der Waals surface area contributed by atoms with Crippen molar-refractivity contribution in [3.8, 4) is 11.3 Å². The Morgan fingerprint density at radius 1 is 0.893 bits per heavy atom. The molecule has 1 nitrogen and oxygen atoms in total. The fourth-order valence-corrected chi connectivity index (χ4v) is 6.58. The summed E-state index contributed by atoms with van der Waals surface area (Å²) in [5.41, 5.74) is 5.90. The summed E-state index contributed by atoms with van der Waals surface area (Å²) in [7, 11) is 0. The number of pyridine rings is 1. The Balaban J connectivity index is 1.55. The maximum absolute atomic E-state index is 14.0. The summed E-state index contributed by atoms with van der Waals surface area (Å²) in [4.78, 5) is 4.97. The summed E-state index contributed by atoms with van der Waals surface area (Å²) in [5, 5.41) is 0. The molecule has 2 fully saturated rings. The monoisotopic (exact) mass is 377 g/mol. The van der Waals surface area contributed by atoms with Crippen LogP contribution in [-0.2, 0) is 5.41 Å². The standard InChI is InChI=1S/C26H32FN/c1-3-26(4-2,16-27)25-7-5-6-24(28-25)19-8-9-22-20-11-17-10-18(12-20)14-21(13-17)23(22)15-19/h5-9,15,17-18,20-21H,3-4,10-14,16H2,1-2H3. The minimum absolute atomic E-state index is 0.340.